The molecule has 0 radical (unpaired) electrons. The Labute approximate surface area is 138 Å². The zero-order chi connectivity index (χ0) is 16.4. The number of rotatable bonds is 4. The van der Waals surface area contributed by atoms with Crippen molar-refractivity contribution in [3.8, 4) is 0 Å². The number of aromatic nitrogens is 2. The molecule has 0 atom stereocenters. The summed E-state index contributed by atoms with van der Waals surface area (Å²) >= 11 is 1.53. The third-order valence-electron chi connectivity index (χ3n) is 4.02. The molecule has 1 aliphatic rings. The highest BCUT2D eigenvalue weighted by Gasteiger charge is 2.25. The monoisotopic (exact) mass is 332 g/mol. The second-order valence-electron chi connectivity index (χ2n) is 5.73. The Morgan fingerprint density at radius 3 is 2.83 bits per heavy atom. The lowest BCUT2D eigenvalue weighted by atomic mass is 9.95. The van der Waals surface area contributed by atoms with E-state index in [-0.39, 0.29) is 11.8 Å². The summed E-state index contributed by atoms with van der Waals surface area (Å²) in [5.74, 6) is 0.501. The van der Waals surface area contributed by atoms with E-state index in [0.29, 0.717) is 17.1 Å². The Balaban J connectivity index is 1.84. The van der Waals surface area contributed by atoms with Gasteiger partial charge in [0.1, 0.15) is 10.8 Å². The van der Waals surface area contributed by atoms with Crippen LogP contribution in [0.2, 0.25) is 0 Å². The number of anilines is 1. The molecule has 2 aromatic rings. The third-order valence-corrected chi connectivity index (χ3v) is 5.22. The van der Waals surface area contributed by atoms with Gasteiger partial charge in [0, 0.05) is 31.2 Å². The number of hydrogen-bond acceptors (Lipinski definition) is 4. The highest BCUT2D eigenvalue weighted by atomic mass is 32.1. The third kappa shape index (κ3) is 3.29. The van der Waals surface area contributed by atoms with E-state index in [1.165, 1.54) is 23.1 Å². The van der Waals surface area contributed by atoms with Crippen LogP contribution in [-0.2, 0) is 31.2 Å². The van der Waals surface area contributed by atoms with Gasteiger partial charge in [-0.2, -0.15) is 0 Å². The van der Waals surface area contributed by atoms with E-state index in [2.05, 4.69) is 15.6 Å². The zero-order valence-corrected chi connectivity index (χ0v) is 14.1. The van der Waals surface area contributed by atoms with Crippen molar-refractivity contribution in [3.05, 3.63) is 34.2 Å². The first-order valence-corrected chi connectivity index (χ1v) is 8.54. The average molecular weight is 332 g/mol. The topological polar surface area (TPSA) is 76.0 Å². The fraction of sp³-hybridized carbons (Fsp3) is 0.438. The fourth-order valence-electron chi connectivity index (χ4n) is 2.87. The fourth-order valence-corrected chi connectivity index (χ4v) is 4.20. The van der Waals surface area contributed by atoms with Crippen LogP contribution in [0.15, 0.2) is 12.4 Å². The number of hydrogen-bond donors (Lipinski definition) is 2. The molecule has 2 aromatic heterocycles. The van der Waals surface area contributed by atoms with Gasteiger partial charge in [-0.05, 0) is 31.2 Å². The van der Waals surface area contributed by atoms with Gasteiger partial charge in [-0.3, -0.25) is 9.59 Å². The molecule has 7 heteroatoms. The molecule has 23 heavy (non-hydrogen) atoms. The Morgan fingerprint density at radius 1 is 1.35 bits per heavy atom. The molecule has 0 aromatic carbocycles. The first kappa shape index (κ1) is 15.7. The number of nitrogens with one attached hydrogen (secondary N) is 2. The van der Waals surface area contributed by atoms with E-state index in [4.69, 9.17) is 0 Å². The summed E-state index contributed by atoms with van der Waals surface area (Å²) in [6.07, 6.45) is 7.66. The Hall–Kier alpha value is -2.15. The molecule has 0 unspecified atom stereocenters. The van der Waals surface area contributed by atoms with Gasteiger partial charge >= 0.3 is 0 Å². The van der Waals surface area contributed by atoms with Crippen LogP contribution in [0.25, 0.3) is 0 Å². The van der Waals surface area contributed by atoms with Crippen molar-refractivity contribution >= 4 is 28.2 Å². The minimum Gasteiger partial charge on any atom is -0.345 e. The number of carbonyl (C=O) groups excluding carboxylic acids is 2. The van der Waals surface area contributed by atoms with Gasteiger partial charge < -0.3 is 15.2 Å². The second kappa shape index (κ2) is 6.54. The highest BCUT2D eigenvalue weighted by molar-refractivity contribution is 7.17. The van der Waals surface area contributed by atoms with Crippen LogP contribution in [0.5, 0.6) is 0 Å². The largest absolute Gasteiger partial charge is 0.345 e. The maximum Gasteiger partial charge on any atom is 0.254 e. The number of imidazole rings is 1. The number of carbonyl (C=O) groups is 2. The quantitative estimate of drug-likeness (QED) is 0.901. The normalized spacial score (nSPS) is 13.5. The lowest BCUT2D eigenvalue weighted by Crippen LogP contribution is -2.26. The summed E-state index contributed by atoms with van der Waals surface area (Å²) in [4.78, 5) is 29.6. The molecule has 2 N–H and O–H groups in total. The van der Waals surface area contributed by atoms with Gasteiger partial charge in [-0.1, -0.05) is 0 Å². The van der Waals surface area contributed by atoms with E-state index in [1.54, 1.807) is 6.20 Å². The minimum atomic E-state index is -0.151. The standard InChI is InChI=1S/C16H20N4O2S/c1-10(21)19-16-14(11-5-3-4-6-12(11)23-16)15(22)18-9-13-17-7-8-20(13)2/h7-8H,3-6,9H2,1-2H3,(H,18,22)(H,19,21). The number of aryl methyl sites for hydroxylation is 2. The van der Waals surface area contributed by atoms with E-state index in [9.17, 15) is 9.59 Å². The van der Waals surface area contributed by atoms with Crippen LogP contribution >= 0.6 is 11.3 Å². The number of nitrogens with zero attached hydrogens (tertiary/aromatic N) is 2. The van der Waals surface area contributed by atoms with Gasteiger partial charge in [0.05, 0.1) is 12.1 Å². The molecule has 0 fully saturated rings. The van der Waals surface area contributed by atoms with Crippen molar-refractivity contribution in [1.29, 1.82) is 0 Å². The minimum absolute atomic E-state index is 0.142. The van der Waals surface area contributed by atoms with Gasteiger partial charge in [0.2, 0.25) is 5.91 Å². The van der Waals surface area contributed by atoms with Crippen molar-refractivity contribution in [2.45, 2.75) is 39.2 Å². The Morgan fingerprint density at radius 2 is 2.13 bits per heavy atom. The Kier molecular flexibility index (Phi) is 4.47. The molecule has 0 spiro atoms. The van der Waals surface area contributed by atoms with Gasteiger partial charge in [-0.15, -0.1) is 11.3 Å². The first-order chi connectivity index (χ1) is 11.1. The molecule has 2 heterocycles. The van der Waals surface area contributed by atoms with Gasteiger partial charge in [0.25, 0.3) is 5.91 Å². The predicted octanol–water partition coefficient (Wildman–Crippen LogP) is 2.25. The van der Waals surface area contributed by atoms with Crippen molar-refractivity contribution in [1.82, 2.24) is 14.9 Å². The van der Waals surface area contributed by atoms with Crippen molar-refractivity contribution < 1.29 is 9.59 Å². The molecule has 1 aliphatic carbocycles. The van der Waals surface area contributed by atoms with Gasteiger partial charge in [-0.25, -0.2) is 4.98 Å². The van der Waals surface area contributed by atoms with Gasteiger partial charge in [0.15, 0.2) is 0 Å². The zero-order valence-electron chi connectivity index (χ0n) is 13.3. The van der Waals surface area contributed by atoms with Crippen LogP contribution < -0.4 is 10.6 Å². The smallest absolute Gasteiger partial charge is 0.254 e. The van der Waals surface area contributed by atoms with Crippen molar-refractivity contribution in [2.75, 3.05) is 5.32 Å². The van der Waals surface area contributed by atoms with Crippen LogP contribution in [-0.4, -0.2) is 21.4 Å². The Bertz CT molecular complexity index is 747. The van der Waals surface area contributed by atoms with E-state index in [0.717, 1.165) is 37.1 Å². The van der Waals surface area contributed by atoms with E-state index < -0.39 is 0 Å². The van der Waals surface area contributed by atoms with Crippen LogP contribution in [0.1, 0.15) is 46.4 Å². The summed E-state index contributed by atoms with van der Waals surface area (Å²) in [7, 11) is 1.89. The van der Waals surface area contributed by atoms with Crippen molar-refractivity contribution in [2.24, 2.45) is 7.05 Å². The predicted molar refractivity (Wildman–Crippen MR) is 89.6 cm³/mol. The SMILES string of the molecule is CC(=O)Nc1sc2c(c1C(=O)NCc1nccn1C)CCCC2. The summed E-state index contributed by atoms with van der Waals surface area (Å²) in [5, 5.41) is 6.41. The van der Waals surface area contributed by atoms with Crippen LogP contribution in [0.3, 0.4) is 0 Å². The lowest BCUT2D eigenvalue weighted by Gasteiger charge is -2.13. The number of thiophene rings is 1. The summed E-state index contributed by atoms with van der Waals surface area (Å²) in [6, 6.07) is 0. The molecule has 3 rings (SSSR count). The summed E-state index contributed by atoms with van der Waals surface area (Å²) < 4.78 is 1.87. The molecule has 122 valence electrons. The number of fused-ring (bicyclic) bond motifs is 1. The maximum atomic E-state index is 12.7. The molecular formula is C16H20N4O2S. The maximum absolute atomic E-state index is 12.7. The van der Waals surface area contributed by atoms with Crippen LogP contribution in [0, 0.1) is 0 Å². The number of amides is 2. The highest BCUT2D eigenvalue weighted by Crippen LogP contribution is 2.38. The molecule has 2 amide bonds. The van der Waals surface area contributed by atoms with Crippen molar-refractivity contribution in [3.63, 3.8) is 0 Å². The lowest BCUT2D eigenvalue weighted by molar-refractivity contribution is -0.114. The summed E-state index contributed by atoms with van der Waals surface area (Å²) in [6.45, 7) is 1.83. The molecule has 0 bridgehead atoms. The molecule has 0 saturated carbocycles. The molecule has 0 aliphatic heterocycles. The first-order valence-electron chi connectivity index (χ1n) is 7.72. The van der Waals surface area contributed by atoms with Crippen LogP contribution in [0.4, 0.5) is 5.00 Å². The van der Waals surface area contributed by atoms with E-state index >= 15 is 0 Å². The average Bonchev–Trinajstić information content (AvgIpc) is 3.07. The summed E-state index contributed by atoms with van der Waals surface area (Å²) in [5.41, 5.74) is 1.73. The molecule has 6 nitrogen and oxygen atoms in total. The second-order valence-corrected chi connectivity index (χ2v) is 6.84. The molecular weight excluding hydrogens is 312 g/mol. The van der Waals surface area contributed by atoms with E-state index in [1.807, 2.05) is 17.8 Å². The molecule has 0 saturated heterocycles.